The molecule has 2 aromatic carbocycles. The highest BCUT2D eigenvalue weighted by molar-refractivity contribution is 7.14. The van der Waals surface area contributed by atoms with Gasteiger partial charge < -0.3 is 14.8 Å². The van der Waals surface area contributed by atoms with E-state index in [1.807, 2.05) is 6.07 Å². The number of hydrogen-bond acceptors (Lipinski definition) is 5. The normalized spacial score (nSPS) is 13.8. The van der Waals surface area contributed by atoms with Crippen molar-refractivity contribution in [2.75, 3.05) is 18.5 Å². The van der Waals surface area contributed by atoms with Gasteiger partial charge in [-0.3, -0.25) is 4.79 Å². The third-order valence-corrected chi connectivity index (χ3v) is 5.17. The van der Waals surface area contributed by atoms with Gasteiger partial charge in [0.15, 0.2) is 28.3 Å². The summed E-state index contributed by atoms with van der Waals surface area (Å²) in [4.78, 5) is 16.9. The number of anilines is 1. The Morgan fingerprint density at radius 2 is 1.89 bits per heavy atom. The molecule has 5 nitrogen and oxygen atoms in total. The minimum atomic E-state index is -0.941. The molecule has 1 aromatic heterocycles. The number of carbonyl (C=O) groups excluding carboxylic acids is 1. The lowest BCUT2D eigenvalue weighted by Crippen LogP contribution is -2.20. The lowest BCUT2D eigenvalue weighted by atomic mass is 10.00. The van der Waals surface area contributed by atoms with Crippen molar-refractivity contribution in [2.45, 2.75) is 12.8 Å². The summed E-state index contributed by atoms with van der Waals surface area (Å²) in [6.07, 6.45) is 0. The molecule has 0 bridgehead atoms. The monoisotopic (exact) mass is 402 g/mol. The first-order chi connectivity index (χ1) is 13.5. The molecule has 144 valence electrons. The molecule has 3 aromatic rings. The predicted octanol–water partition coefficient (Wildman–Crippen LogP) is 4.60. The maximum Gasteiger partial charge on any atom is 0.233 e. The summed E-state index contributed by atoms with van der Waals surface area (Å²) in [5.74, 6) is -1.24. The number of fused-ring (bicyclic) bond motifs is 1. The van der Waals surface area contributed by atoms with E-state index in [4.69, 9.17) is 9.47 Å². The Bertz CT molecular complexity index is 1040. The molecule has 0 radical (unpaired) electrons. The van der Waals surface area contributed by atoms with Gasteiger partial charge in [0.25, 0.3) is 0 Å². The van der Waals surface area contributed by atoms with Crippen molar-refractivity contribution >= 4 is 22.4 Å². The van der Waals surface area contributed by atoms with Crippen LogP contribution in [0, 0.1) is 11.6 Å². The largest absolute Gasteiger partial charge is 0.486 e. The summed E-state index contributed by atoms with van der Waals surface area (Å²) in [6, 6.07) is 8.98. The zero-order chi connectivity index (χ0) is 19.7. The van der Waals surface area contributed by atoms with Gasteiger partial charge in [0.05, 0.1) is 11.6 Å². The molecule has 0 fully saturated rings. The van der Waals surface area contributed by atoms with Crippen LogP contribution in [0.1, 0.15) is 18.4 Å². The zero-order valence-electron chi connectivity index (χ0n) is 14.9. The molecular weight excluding hydrogens is 386 g/mol. The maximum atomic E-state index is 13.4. The third kappa shape index (κ3) is 3.68. The van der Waals surface area contributed by atoms with Gasteiger partial charge in [0.2, 0.25) is 5.91 Å². The number of nitrogens with zero attached hydrogens (tertiary/aromatic N) is 1. The van der Waals surface area contributed by atoms with Crippen LogP contribution in [0.3, 0.4) is 0 Å². The minimum absolute atomic E-state index is 0.233. The Labute approximate surface area is 163 Å². The molecule has 1 amide bonds. The number of halogens is 2. The molecule has 0 aliphatic carbocycles. The average molecular weight is 402 g/mol. The molecule has 2 heterocycles. The first kappa shape index (κ1) is 18.4. The highest BCUT2D eigenvalue weighted by Gasteiger charge is 2.20. The van der Waals surface area contributed by atoms with Crippen LogP contribution < -0.4 is 14.8 Å². The molecule has 4 rings (SSSR count). The van der Waals surface area contributed by atoms with Gasteiger partial charge in [-0.25, -0.2) is 13.8 Å². The van der Waals surface area contributed by atoms with Crippen molar-refractivity contribution < 1.29 is 23.0 Å². The molecule has 1 aliphatic heterocycles. The van der Waals surface area contributed by atoms with Crippen LogP contribution in [0.25, 0.3) is 11.3 Å². The lowest BCUT2D eigenvalue weighted by Gasteiger charge is -2.20. The fourth-order valence-electron chi connectivity index (χ4n) is 2.81. The number of benzene rings is 2. The molecule has 0 saturated carbocycles. The van der Waals surface area contributed by atoms with Crippen LogP contribution in [0.4, 0.5) is 13.9 Å². The standard InChI is InChI=1S/C20H16F2N2O3S/c1-11(12-3-5-17-18(9-12)27-7-6-26-17)19(25)24-20-23-16(10-28-20)13-2-4-14(21)15(22)8-13/h2-5,8-11H,6-7H2,1H3,(H,23,24,25). The smallest absolute Gasteiger partial charge is 0.233 e. The van der Waals surface area contributed by atoms with E-state index in [1.54, 1.807) is 24.4 Å². The van der Waals surface area contributed by atoms with E-state index in [0.29, 0.717) is 41.1 Å². The summed E-state index contributed by atoms with van der Waals surface area (Å²) in [5.41, 5.74) is 1.70. The maximum absolute atomic E-state index is 13.4. The van der Waals surface area contributed by atoms with Crippen molar-refractivity contribution in [1.82, 2.24) is 4.98 Å². The molecular formula is C20H16F2N2O3S. The van der Waals surface area contributed by atoms with Crippen LogP contribution >= 0.6 is 11.3 Å². The first-order valence-electron chi connectivity index (χ1n) is 8.62. The minimum Gasteiger partial charge on any atom is -0.486 e. The van der Waals surface area contributed by atoms with Crippen LogP contribution in [0.15, 0.2) is 41.8 Å². The molecule has 1 unspecified atom stereocenters. The second-order valence-corrected chi connectivity index (χ2v) is 7.14. The van der Waals surface area contributed by atoms with Crippen molar-refractivity contribution in [3.63, 3.8) is 0 Å². The second kappa shape index (κ2) is 7.55. The van der Waals surface area contributed by atoms with Crippen molar-refractivity contribution in [3.8, 4) is 22.8 Å². The van der Waals surface area contributed by atoms with Gasteiger partial charge in [-0.05, 0) is 42.8 Å². The molecule has 0 spiro atoms. The lowest BCUT2D eigenvalue weighted by molar-refractivity contribution is -0.117. The molecule has 8 heteroatoms. The van der Waals surface area contributed by atoms with Gasteiger partial charge in [-0.2, -0.15) is 0 Å². The Kier molecular flexibility index (Phi) is 4.95. The summed E-state index contributed by atoms with van der Waals surface area (Å²) < 4.78 is 37.5. The fraction of sp³-hybridized carbons (Fsp3) is 0.200. The van der Waals surface area contributed by atoms with E-state index in [0.717, 1.165) is 17.7 Å². The van der Waals surface area contributed by atoms with Crippen LogP contribution in [-0.4, -0.2) is 24.1 Å². The number of aromatic nitrogens is 1. The fourth-order valence-corrected chi connectivity index (χ4v) is 3.54. The van der Waals surface area contributed by atoms with E-state index in [2.05, 4.69) is 10.3 Å². The number of hydrogen-bond donors (Lipinski definition) is 1. The SMILES string of the molecule is CC(C(=O)Nc1nc(-c2ccc(F)c(F)c2)cs1)c1ccc2c(c1)OCCO2. The van der Waals surface area contributed by atoms with Crippen LogP contribution in [0.2, 0.25) is 0 Å². The Balaban J connectivity index is 1.47. The zero-order valence-corrected chi connectivity index (χ0v) is 15.7. The van der Waals surface area contributed by atoms with Crippen molar-refractivity contribution in [1.29, 1.82) is 0 Å². The van der Waals surface area contributed by atoms with Crippen molar-refractivity contribution in [2.24, 2.45) is 0 Å². The van der Waals surface area contributed by atoms with Gasteiger partial charge >= 0.3 is 0 Å². The quantitative estimate of drug-likeness (QED) is 0.693. The van der Waals surface area contributed by atoms with E-state index in [1.165, 1.54) is 17.4 Å². The summed E-state index contributed by atoms with van der Waals surface area (Å²) >= 11 is 1.21. The van der Waals surface area contributed by atoms with Crippen LogP contribution in [0.5, 0.6) is 11.5 Å². The molecule has 1 atom stereocenters. The van der Waals surface area contributed by atoms with E-state index < -0.39 is 17.6 Å². The van der Waals surface area contributed by atoms with Crippen LogP contribution in [-0.2, 0) is 4.79 Å². The number of amides is 1. The number of thiazole rings is 1. The van der Waals surface area contributed by atoms with E-state index in [9.17, 15) is 13.6 Å². The first-order valence-corrected chi connectivity index (χ1v) is 9.50. The van der Waals surface area contributed by atoms with Gasteiger partial charge in [-0.1, -0.05) is 6.07 Å². The third-order valence-electron chi connectivity index (χ3n) is 4.41. The topological polar surface area (TPSA) is 60.5 Å². The van der Waals surface area contributed by atoms with Crippen molar-refractivity contribution in [3.05, 3.63) is 59.0 Å². The summed E-state index contributed by atoms with van der Waals surface area (Å²) in [5, 5.41) is 4.83. The molecule has 28 heavy (non-hydrogen) atoms. The van der Waals surface area contributed by atoms with Gasteiger partial charge in [-0.15, -0.1) is 11.3 Å². The second-order valence-electron chi connectivity index (χ2n) is 6.28. The van der Waals surface area contributed by atoms with E-state index >= 15 is 0 Å². The Morgan fingerprint density at radius 1 is 1.11 bits per heavy atom. The van der Waals surface area contributed by atoms with E-state index in [-0.39, 0.29) is 5.91 Å². The highest BCUT2D eigenvalue weighted by Crippen LogP contribution is 2.34. The molecule has 1 N–H and O–H groups in total. The molecule has 0 saturated heterocycles. The molecule has 1 aliphatic rings. The summed E-state index contributed by atoms with van der Waals surface area (Å²) in [6.45, 7) is 2.76. The summed E-state index contributed by atoms with van der Waals surface area (Å²) in [7, 11) is 0. The number of ether oxygens (including phenoxy) is 2. The average Bonchev–Trinajstić information content (AvgIpc) is 3.17. The Hall–Kier alpha value is -3.00. The highest BCUT2D eigenvalue weighted by atomic mass is 32.1. The number of nitrogens with one attached hydrogen (secondary N) is 1. The number of carbonyl (C=O) groups is 1. The number of rotatable bonds is 4. The van der Waals surface area contributed by atoms with Gasteiger partial charge in [0.1, 0.15) is 13.2 Å². The predicted molar refractivity (Wildman–Crippen MR) is 102 cm³/mol. The van der Waals surface area contributed by atoms with Gasteiger partial charge in [0, 0.05) is 10.9 Å². The Morgan fingerprint density at radius 3 is 2.68 bits per heavy atom.